The van der Waals surface area contributed by atoms with E-state index in [9.17, 15) is 4.79 Å². The van der Waals surface area contributed by atoms with Gasteiger partial charge in [-0.05, 0) is 37.1 Å². The van der Waals surface area contributed by atoms with Gasteiger partial charge in [-0.2, -0.15) is 4.98 Å². The van der Waals surface area contributed by atoms with Crippen molar-refractivity contribution in [2.75, 3.05) is 0 Å². The summed E-state index contributed by atoms with van der Waals surface area (Å²) in [6, 6.07) is 7.58. The molecule has 1 fully saturated rings. The minimum Gasteiger partial charge on any atom is -0.353 e. The number of carbonyl (C=O) groups excluding carboxylic acids is 1. The summed E-state index contributed by atoms with van der Waals surface area (Å²) in [5.41, 5.74) is 0.845. The number of hydrogen-bond acceptors (Lipinski definition) is 4. The summed E-state index contributed by atoms with van der Waals surface area (Å²) in [7, 11) is 0. The van der Waals surface area contributed by atoms with Gasteiger partial charge in [0.15, 0.2) is 0 Å². The zero-order valence-corrected chi connectivity index (χ0v) is 14.4. The summed E-state index contributed by atoms with van der Waals surface area (Å²) in [4.78, 5) is 16.4. The molecule has 0 radical (unpaired) electrons. The Hall–Kier alpha value is -1.88. The maximum absolute atomic E-state index is 12.1. The minimum absolute atomic E-state index is 0.0631. The lowest BCUT2D eigenvalue weighted by molar-refractivity contribution is -0.121. The van der Waals surface area contributed by atoms with Crippen LogP contribution in [0.4, 0.5) is 0 Å². The third kappa shape index (κ3) is 4.81. The Kier molecular flexibility index (Phi) is 5.86. The number of carbonyl (C=O) groups is 1. The average molecular weight is 348 g/mol. The lowest BCUT2D eigenvalue weighted by Gasteiger charge is -2.15. The maximum atomic E-state index is 12.1. The van der Waals surface area contributed by atoms with Crippen LogP contribution in [-0.4, -0.2) is 22.1 Å². The number of halogens is 1. The molecule has 1 aliphatic rings. The molecule has 5 nitrogen and oxygen atoms in total. The molecule has 0 atom stereocenters. The summed E-state index contributed by atoms with van der Waals surface area (Å²) < 4.78 is 5.24. The fraction of sp³-hybridized carbons (Fsp3) is 0.500. The Labute approximate surface area is 146 Å². The van der Waals surface area contributed by atoms with Crippen LogP contribution in [-0.2, 0) is 11.2 Å². The third-order valence-electron chi connectivity index (χ3n) is 4.36. The molecule has 0 unspecified atom stereocenters. The molecule has 1 aromatic heterocycles. The van der Waals surface area contributed by atoms with Crippen LogP contribution in [0.5, 0.6) is 0 Å². The molecular formula is C18H22ClN3O2. The molecule has 1 N–H and O–H groups in total. The van der Waals surface area contributed by atoms with Crippen LogP contribution >= 0.6 is 11.6 Å². The molecule has 0 saturated heterocycles. The van der Waals surface area contributed by atoms with Crippen molar-refractivity contribution in [2.24, 2.45) is 0 Å². The zero-order chi connectivity index (χ0) is 16.8. The van der Waals surface area contributed by atoms with Gasteiger partial charge < -0.3 is 9.84 Å². The summed E-state index contributed by atoms with van der Waals surface area (Å²) in [5, 5.41) is 7.76. The Balaban J connectivity index is 1.49. The van der Waals surface area contributed by atoms with Crippen LogP contribution in [0.3, 0.4) is 0 Å². The highest BCUT2D eigenvalue weighted by Crippen LogP contribution is 2.19. The van der Waals surface area contributed by atoms with Crippen molar-refractivity contribution in [1.29, 1.82) is 0 Å². The molecule has 1 heterocycles. The lowest BCUT2D eigenvalue weighted by Crippen LogP contribution is -2.34. The van der Waals surface area contributed by atoms with E-state index >= 15 is 0 Å². The topological polar surface area (TPSA) is 68.0 Å². The van der Waals surface area contributed by atoms with Gasteiger partial charge >= 0.3 is 0 Å². The molecule has 1 amide bonds. The average Bonchev–Trinajstić information content (AvgIpc) is 2.91. The van der Waals surface area contributed by atoms with Gasteiger partial charge in [0, 0.05) is 29.5 Å². The first-order valence-corrected chi connectivity index (χ1v) is 8.96. The van der Waals surface area contributed by atoms with Crippen molar-refractivity contribution >= 4 is 17.5 Å². The molecule has 3 rings (SSSR count). The van der Waals surface area contributed by atoms with E-state index in [0.717, 1.165) is 18.4 Å². The Morgan fingerprint density at radius 3 is 2.58 bits per heavy atom. The van der Waals surface area contributed by atoms with E-state index < -0.39 is 0 Å². The summed E-state index contributed by atoms with van der Waals surface area (Å²) >= 11 is 5.87. The van der Waals surface area contributed by atoms with Crippen LogP contribution in [0.1, 0.15) is 50.8 Å². The summed E-state index contributed by atoms with van der Waals surface area (Å²) in [6.45, 7) is 0. The van der Waals surface area contributed by atoms with Crippen molar-refractivity contribution < 1.29 is 9.32 Å². The number of rotatable bonds is 5. The van der Waals surface area contributed by atoms with Gasteiger partial charge in [-0.3, -0.25) is 4.79 Å². The van der Waals surface area contributed by atoms with Crippen LogP contribution in [0, 0.1) is 0 Å². The van der Waals surface area contributed by atoms with E-state index in [-0.39, 0.29) is 5.91 Å². The van der Waals surface area contributed by atoms with Crippen molar-refractivity contribution in [3.05, 3.63) is 35.2 Å². The SMILES string of the molecule is O=C(CCc1nc(-c2ccc(Cl)cc2)no1)NC1CCCCCC1. The van der Waals surface area contributed by atoms with Gasteiger partial charge in [0.2, 0.25) is 17.6 Å². The van der Waals surface area contributed by atoms with E-state index in [1.54, 1.807) is 12.1 Å². The van der Waals surface area contributed by atoms with Crippen molar-refractivity contribution in [3.63, 3.8) is 0 Å². The van der Waals surface area contributed by atoms with Gasteiger partial charge in [-0.1, -0.05) is 42.4 Å². The molecule has 1 saturated carbocycles. The quantitative estimate of drug-likeness (QED) is 0.824. The number of aryl methyl sites for hydroxylation is 1. The zero-order valence-electron chi connectivity index (χ0n) is 13.6. The Morgan fingerprint density at radius 1 is 1.17 bits per heavy atom. The second kappa shape index (κ2) is 8.29. The predicted molar refractivity (Wildman–Crippen MR) is 92.7 cm³/mol. The van der Waals surface area contributed by atoms with Crippen molar-refractivity contribution in [3.8, 4) is 11.4 Å². The second-order valence-corrected chi connectivity index (χ2v) is 6.71. The molecule has 0 spiro atoms. The largest absolute Gasteiger partial charge is 0.353 e. The normalized spacial score (nSPS) is 15.9. The third-order valence-corrected chi connectivity index (χ3v) is 4.61. The highest BCUT2D eigenvalue weighted by molar-refractivity contribution is 6.30. The van der Waals surface area contributed by atoms with Gasteiger partial charge in [-0.25, -0.2) is 0 Å². The van der Waals surface area contributed by atoms with Crippen LogP contribution in [0.25, 0.3) is 11.4 Å². The standard InChI is InChI=1S/C18H22ClN3O2/c19-14-9-7-13(8-10-14)18-21-17(24-22-18)12-11-16(23)20-15-5-3-1-2-4-6-15/h7-10,15H,1-6,11-12H2,(H,20,23). The minimum atomic E-state index is 0.0631. The van der Waals surface area contributed by atoms with Crippen molar-refractivity contribution in [1.82, 2.24) is 15.5 Å². The first-order chi connectivity index (χ1) is 11.7. The van der Waals surface area contributed by atoms with Crippen molar-refractivity contribution in [2.45, 2.75) is 57.4 Å². The molecule has 0 bridgehead atoms. The second-order valence-electron chi connectivity index (χ2n) is 6.27. The Morgan fingerprint density at radius 2 is 1.88 bits per heavy atom. The van der Waals surface area contributed by atoms with E-state index in [0.29, 0.717) is 35.6 Å². The summed E-state index contributed by atoms with van der Waals surface area (Å²) in [5.74, 6) is 1.06. The number of hydrogen-bond donors (Lipinski definition) is 1. The van der Waals surface area contributed by atoms with Gasteiger partial charge in [0.25, 0.3) is 0 Å². The number of benzene rings is 1. The van der Waals surface area contributed by atoms with Gasteiger partial charge in [-0.15, -0.1) is 0 Å². The molecule has 0 aliphatic heterocycles. The first kappa shape index (κ1) is 17.0. The number of amides is 1. The Bertz CT molecular complexity index is 661. The molecule has 2 aromatic rings. The summed E-state index contributed by atoms with van der Waals surface area (Å²) in [6.07, 6.45) is 7.99. The van der Waals surface area contributed by atoms with E-state index in [4.69, 9.17) is 16.1 Å². The molecule has 1 aliphatic carbocycles. The van der Waals surface area contributed by atoms with E-state index in [1.165, 1.54) is 25.7 Å². The smallest absolute Gasteiger partial charge is 0.227 e. The lowest BCUT2D eigenvalue weighted by atomic mass is 10.1. The fourth-order valence-corrected chi connectivity index (χ4v) is 3.14. The molecule has 128 valence electrons. The number of nitrogens with zero attached hydrogens (tertiary/aromatic N) is 2. The van der Waals surface area contributed by atoms with E-state index in [1.807, 2.05) is 12.1 Å². The van der Waals surface area contributed by atoms with Gasteiger partial charge in [0.05, 0.1) is 0 Å². The van der Waals surface area contributed by atoms with Gasteiger partial charge in [0.1, 0.15) is 0 Å². The molecular weight excluding hydrogens is 326 g/mol. The highest BCUT2D eigenvalue weighted by Gasteiger charge is 2.16. The van der Waals surface area contributed by atoms with E-state index in [2.05, 4.69) is 15.5 Å². The maximum Gasteiger partial charge on any atom is 0.227 e. The molecule has 1 aromatic carbocycles. The molecule has 24 heavy (non-hydrogen) atoms. The number of aromatic nitrogens is 2. The monoisotopic (exact) mass is 347 g/mol. The molecule has 6 heteroatoms. The predicted octanol–water partition coefficient (Wildman–Crippen LogP) is 4.16. The van der Waals surface area contributed by atoms with Crippen LogP contribution < -0.4 is 5.32 Å². The van der Waals surface area contributed by atoms with Crippen LogP contribution in [0.15, 0.2) is 28.8 Å². The number of nitrogens with one attached hydrogen (secondary N) is 1. The van der Waals surface area contributed by atoms with Crippen LogP contribution in [0.2, 0.25) is 5.02 Å². The highest BCUT2D eigenvalue weighted by atomic mass is 35.5. The first-order valence-electron chi connectivity index (χ1n) is 8.58. The fourth-order valence-electron chi connectivity index (χ4n) is 3.02.